The molecule has 0 saturated carbocycles. The van der Waals surface area contributed by atoms with Gasteiger partial charge in [-0.25, -0.2) is 8.42 Å². The van der Waals surface area contributed by atoms with Crippen molar-refractivity contribution in [3.05, 3.63) is 0 Å². The van der Waals surface area contributed by atoms with Crippen molar-refractivity contribution in [1.82, 2.24) is 4.31 Å². The molecule has 1 fully saturated rings. The van der Waals surface area contributed by atoms with Crippen molar-refractivity contribution < 1.29 is 21.9 Å². The lowest BCUT2D eigenvalue weighted by molar-refractivity contribution is 0.0290. The van der Waals surface area contributed by atoms with Gasteiger partial charge in [-0.3, -0.25) is 0 Å². The Morgan fingerprint density at radius 3 is 2.38 bits per heavy atom. The molecule has 8 heteroatoms. The molecule has 1 aliphatic heterocycles. The second-order valence-electron chi connectivity index (χ2n) is 3.46. The number of sulfonamides is 1. The molecule has 0 amide bonds. The van der Waals surface area contributed by atoms with E-state index < -0.39 is 15.8 Å². The summed E-state index contributed by atoms with van der Waals surface area (Å²) < 4.78 is 52.8. The molecule has 1 rings (SSSR count). The summed E-state index contributed by atoms with van der Waals surface area (Å²) in [5.74, 6) is -2.97. The largest absolute Gasteiger partial charge is 0.377 e. The molecule has 16 heavy (non-hydrogen) atoms. The number of halogens is 3. The summed E-state index contributed by atoms with van der Waals surface area (Å²) in [6, 6.07) is 0. The minimum atomic E-state index is -4.43. The van der Waals surface area contributed by atoms with Crippen molar-refractivity contribution in [1.29, 1.82) is 0 Å². The lowest BCUT2D eigenvalue weighted by atomic mass is 10.1. The van der Waals surface area contributed by atoms with E-state index in [1.54, 1.807) is 0 Å². The van der Waals surface area contributed by atoms with Gasteiger partial charge < -0.3 is 4.74 Å². The standard InChI is InChI=1S/C8H14ClF2NO3S/c9-3-6-15-7-1-4-12(5-2-7)16(13,14)8(10)11/h7-8H,1-6H2. The van der Waals surface area contributed by atoms with Crippen LogP contribution >= 0.6 is 11.6 Å². The molecule has 0 aromatic heterocycles. The van der Waals surface area contributed by atoms with Crippen LogP contribution in [0.1, 0.15) is 12.8 Å². The highest BCUT2D eigenvalue weighted by atomic mass is 35.5. The molecule has 1 saturated heterocycles. The molecule has 1 heterocycles. The quantitative estimate of drug-likeness (QED) is 0.711. The van der Waals surface area contributed by atoms with Gasteiger partial charge in [0, 0.05) is 19.0 Å². The predicted molar refractivity (Wildman–Crippen MR) is 56.2 cm³/mol. The third kappa shape index (κ3) is 3.51. The molecular weight excluding hydrogens is 264 g/mol. The Labute approximate surface area is 98.6 Å². The van der Waals surface area contributed by atoms with Crippen LogP contribution in [-0.2, 0) is 14.8 Å². The molecule has 1 aliphatic rings. The Morgan fingerprint density at radius 1 is 1.38 bits per heavy atom. The Balaban J connectivity index is 2.43. The highest BCUT2D eigenvalue weighted by molar-refractivity contribution is 7.89. The number of hydrogen-bond acceptors (Lipinski definition) is 3. The van der Waals surface area contributed by atoms with Crippen molar-refractivity contribution >= 4 is 21.6 Å². The Morgan fingerprint density at radius 2 is 1.94 bits per heavy atom. The van der Waals surface area contributed by atoms with E-state index in [1.807, 2.05) is 0 Å². The maximum Gasteiger partial charge on any atom is 0.350 e. The van der Waals surface area contributed by atoms with Crippen LogP contribution in [0.3, 0.4) is 0 Å². The Hall–Kier alpha value is 0.0200. The SMILES string of the molecule is O=S(=O)(C(F)F)N1CCC(OCCCl)CC1. The van der Waals surface area contributed by atoms with E-state index in [0.717, 1.165) is 4.31 Å². The number of hydrogen-bond donors (Lipinski definition) is 0. The van der Waals surface area contributed by atoms with Gasteiger partial charge in [-0.1, -0.05) is 0 Å². The minimum absolute atomic E-state index is 0.0807. The Bertz CT molecular complexity index is 304. The van der Waals surface area contributed by atoms with E-state index in [1.165, 1.54) is 0 Å². The molecule has 0 N–H and O–H groups in total. The van der Waals surface area contributed by atoms with Crippen molar-refractivity contribution in [2.75, 3.05) is 25.6 Å². The molecule has 0 aromatic carbocycles. The van der Waals surface area contributed by atoms with Crippen LogP contribution in [0.5, 0.6) is 0 Å². The van der Waals surface area contributed by atoms with Crippen LogP contribution in [0.2, 0.25) is 0 Å². The van der Waals surface area contributed by atoms with Gasteiger partial charge in [-0.15, -0.1) is 11.6 Å². The average Bonchev–Trinajstić information content (AvgIpc) is 2.26. The van der Waals surface area contributed by atoms with Gasteiger partial charge >= 0.3 is 5.76 Å². The van der Waals surface area contributed by atoms with Crippen molar-refractivity contribution in [3.8, 4) is 0 Å². The number of piperidine rings is 1. The summed E-state index contributed by atoms with van der Waals surface area (Å²) in [6.45, 7) is 0.563. The summed E-state index contributed by atoms with van der Waals surface area (Å²) in [6.07, 6.45) is 0.786. The highest BCUT2D eigenvalue weighted by Gasteiger charge is 2.34. The maximum absolute atomic E-state index is 12.2. The van der Waals surface area contributed by atoms with Gasteiger partial charge in [-0.2, -0.15) is 13.1 Å². The molecule has 0 atom stereocenters. The number of rotatable bonds is 5. The van der Waals surface area contributed by atoms with Crippen LogP contribution in [0.25, 0.3) is 0 Å². The molecule has 0 radical (unpaired) electrons. The smallest absolute Gasteiger partial charge is 0.350 e. The zero-order valence-electron chi connectivity index (χ0n) is 8.61. The summed E-state index contributed by atoms with van der Waals surface area (Å²) in [5.41, 5.74) is 0. The molecule has 4 nitrogen and oxygen atoms in total. The first-order chi connectivity index (χ1) is 7.48. The molecular formula is C8H14ClF2NO3S. The summed E-state index contributed by atoms with van der Waals surface area (Å²) in [7, 11) is -4.43. The third-order valence-corrected chi connectivity index (χ3v) is 4.11. The maximum atomic E-state index is 12.2. The molecule has 0 unspecified atom stereocenters. The fourth-order valence-electron chi connectivity index (χ4n) is 1.58. The second-order valence-corrected chi connectivity index (χ2v) is 5.74. The predicted octanol–water partition coefficient (Wildman–Crippen LogP) is 1.26. The monoisotopic (exact) mass is 277 g/mol. The van der Waals surface area contributed by atoms with Gasteiger partial charge in [-0.05, 0) is 12.8 Å². The molecule has 0 spiro atoms. The molecule has 0 aromatic rings. The van der Waals surface area contributed by atoms with Crippen LogP contribution in [0.4, 0.5) is 8.78 Å². The van der Waals surface area contributed by atoms with Gasteiger partial charge in [0.05, 0.1) is 12.7 Å². The zero-order valence-corrected chi connectivity index (χ0v) is 10.2. The highest BCUT2D eigenvalue weighted by Crippen LogP contribution is 2.20. The van der Waals surface area contributed by atoms with Gasteiger partial charge in [0.2, 0.25) is 0 Å². The number of nitrogens with zero attached hydrogens (tertiary/aromatic N) is 1. The van der Waals surface area contributed by atoms with Crippen molar-refractivity contribution in [2.24, 2.45) is 0 Å². The fraction of sp³-hybridized carbons (Fsp3) is 1.00. The normalized spacial score (nSPS) is 20.5. The second kappa shape index (κ2) is 6.09. The van der Waals surface area contributed by atoms with Crippen LogP contribution < -0.4 is 0 Å². The van der Waals surface area contributed by atoms with E-state index in [4.69, 9.17) is 16.3 Å². The van der Waals surface area contributed by atoms with E-state index >= 15 is 0 Å². The van der Waals surface area contributed by atoms with E-state index in [2.05, 4.69) is 0 Å². The van der Waals surface area contributed by atoms with Crippen LogP contribution in [0.15, 0.2) is 0 Å². The van der Waals surface area contributed by atoms with Crippen LogP contribution in [-0.4, -0.2) is 50.2 Å². The van der Waals surface area contributed by atoms with E-state index in [0.29, 0.717) is 25.3 Å². The fourth-order valence-corrected chi connectivity index (χ4v) is 2.61. The van der Waals surface area contributed by atoms with Crippen molar-refractivity contribution in [2.45, 2.75) is 24.7 Å². The lowest BCUT2D eigenvalue weighted by Gasteiger charge is -2.30. The van der Waals surface area contributed by atoms with E-state index in [-0.39, 0.29) is 19.2 Å². The van der Waals surface area contributed by atoms with Gasteiger partial charge in [0.15, 0.2) is 0 Å². The summed E-state index contributed by atoms with van der Waals surface area (Å²) in [5, 5.41) is 0. The average molecular weight is 278 g/mol. The van der Waals surface area contributed by atoms with Gasteiger partial charge in [0.1, 0.15) is 0 Å². The zero-order chi connectivity index (χ0) is 12.2. The number of ether oxygens (including phenoxy) is 1. The first kappa shape index (κ1) is 14.1. The first-order valence-corrected chi connectivity index (χ1v) is 6.97. The van der Waals surface area contributed by atoms with Gasteiger partial charge in [0.25, 0.3) is 10.0 Å². The minimum Gasteiger partial charge on any atom is -0.377 e. The summed E-state index contributed by atoms with van der Waals surface area (Å²) in [4.78, 5) is 0. The molecule has 0 aliphatic carbocycles. The van der Waals surface area contributed by atoms with Crippen LogP contribution in [0, 0.1) is 0 Å². The molecule has 0 bridgehead atoms. The molecule has 96 valence electrons. The Kier molecular flexibility index (Phi) is 5.36. The van der Waals surface area contributed by atoms with E-state index in [9.17, 15) is 17.2 Å². The third-order valence-electron chi connectivity index (χ3n) is 2.42. The first-order valence-electron chi connectivity index (χ1n) is 4.93. The number of alkyl halides is 3. The van der Waals surface area contributed by atoms with Crippen molar-refractivity contribution in [3.63, 3.8) is 0 Å². The lowest BCUT2D eigenvalue weighted by Crippen LogP contribution is -2.43. The topological polar surface area (TPSA) is 46.6 Å². The summed E-state index contributed by atoms with van der Waals surface area (Å²) >= 11 is 5.43.